The van der Waals surface area contributed by atoms with Crippen molar-refractivity contribution in [2.45, 2.75) is 0 Å². The molecule has 0 aromatic heterocycles. The fraction of sp³-hybridized carbons (Fsp3) is 1.00. The maximum atomic E-state index is 12.7. The van der Waals surface area contributed by atoms with Crippen molar-refractivity contribution >= 4 is 46.9 Å². The number of rotatable bonds is 32. The van der Waals surface area contributed by atoms with E-state index < -0.39 is 137 Å². The largest absolute Gasteiger partial charge is 0.472 e. The summed E-state index contributed by atoms with van der Waals surface area (Å²) in [5.41, 5.74) is 11.9. The van der Waals surface area contributed by atoms with Crippen molar-refractivity contribution in [1.82, 2.24) is 5.54 Å². The first-order chi connectivity index (χ1) is 22.8. The third-order valence-corrected chi connectivity index (χ3v) is 9.97. The molecule has 50 heavy (non-hydrogen) atoms. The van der Waals surface area contributed by atoms with Crippen LogP contribution in [-0.4, -0.2) is 125 Å². The lowest BCUT2D eigenvalue weighted by Gasteiger charge is -2.20. The van der Waals surface area contributed by atoms with Crippen LogP contribution in [0.1, 0.15) is 0 Å². The van der Waals surface area contributed by atoms with Gasteiger partial charge in [0.2, 0.25) is 0 Å². The molecule has 0 saturated heterocycles. The fourth-order valence-corrected chi connectivity index (χ4v) is 6.53. The molecule has 0 bridgehead atoms. The Morgan fingerprint density at radius 1 is 0.440 bits per heavy atom. The maximum absolute atomic E-state index is 12.7. The minimum absolute atomic E-state index is 0.259. The summed E-state index contributed by atoms with van der Waals surface area (Å²) in [6, 6.07) is 0. The van der Waals surface area contributed by atoms with E-state index in [4.69, 9.17) is 31.0 Å². The third kappa shape index (κ3) is 28.9. The summed E-state index contributed by atoms with van der Waals surface area (Å²) in [4.78, 5) is 73.6. The number of hydrogen-bond donors (Lipinski definition) is 11. The summed E-state index contributed by atoms with van der Waals surface area (Å²) in [7, 11) is -29.1. The van der Waals surface area contributed by atoms with E-state index >= 15 is 0 Å². The fourth-order valence-electron chi connectivity index (χ4n) is 2.61. The van der Waals surface area contributed by atoms with Crippen LogP contribution in [-0.2, 0) is 72.6 Å². The Morgan fingerprint density at radius 2 is 0.680 bits per heavy atom. The molecule has 0 aliphatic rings. The maximum Gasteiger partial charge on any atom is 0.472 e. The van der Waals surface area contributed by atoms with Crippen LogP contribution in [0.15, 0.2) is 0 Å². The van der Waals surface area contributed by atoms with E-state index in [0.717, 1.165) is 0 Å². The SMILES string of the molecule is NCC(COP(=O)(O)O)COP(=O)(O)OCCOP(=O)(O)OCC(CNF)COP(=O)(O)OCCOP(=O)(O)OCC(CN)COP(=O)(O)O. The molecule has 0 fully saturated rings. The van der Waals surface area contributed by atoms with Gasteiger partial charge in [-0.15, -0.1) is 4.48 Å². The lowest BCUT2D eigenvalue weighted by molar-refractivity contribution is 0.0660. The van der Waals surface area contributed by atoms with Gasteiger partial charge in [0.05, 0.1) is 66.1 Å². The molecule has 0 amide bonds. The Labute approximate surface area is 283 Å². The number of halogens is 1. The van der Waals surface area contributed by atoms with Crippen molar-refractivity contribution in [2.24, 2.45) is 29.2 Å². The highest BCUT2D eigenvalue weighted by molar-refractivity contribution is 7.48. The molecule has 0 radical (unpaired) electrons. The van der Waals surface area contributed by atoms with Gasteiger partial charge in [0.25, 0.3) is 0 Å². The summed E-state index contributed by atoms with van der Waals surface area (Å²) in [6.45, 7) is -8.64. The lowest BCUT2D eigenvalue weighted by atomic mass is 10.2. The number of nitrogens with two attached hydrogens (primary N) is 2. The Morgan fingerprint density at radius 3 is 0.900 bits per heavy atom. The average Bonchev–Trinajstić information content (AvgIpc) is 2.98. The molecule has 302 valence electrons. The standard InChI is InChI=1S/C16H42FN3O24P6/c17-20-7-16(12-43-49(31,32)37-3-1-35-47(27,28)41-10-14(5-18)8-39-45(21,22)23)13-44-50(33,34)38-4-2-36-48(29,30)42-11-15(6-19)9-40-46(24,25)26/h14-16,20H,1-13,18-19H2,(H,27,28)(H,29,30)(H,31,32)(H,33,34)(H2,21,22,23)(H2,24,25,26). The molecular weight excluding hydrogens is 823 g/mol. The topological polar surface area (TPSA) is 421 Å². The van der Waals surface area contributed by atoms with E-state index in [1.54, 1.807) is 0 Å². The molecule has 0 aliphatic heterocycles. The van der Waals surface area contributed by atoms with Gasteiger partial charge in [-0.2, -0.15) is 5.54 Å². The quantitative estimate of drug-likeness (QED) is 0.0219. The monoisotopic (exact) mass is 865 g/mol. The second-order valence-electron chi connectivity index (χ2n) is 9.37. The van der Waals surface area contributed by atoms with E-state index in [0.29, 0.717) is 0 Å². The molecule has 0 heterocycles. The predicted octanol–water partition coefficient (Wildman–Crippen LogP) is -1.02. The van der Waals surface area contributed by atoms with Crippen LogP contribution in [0.4, 0.5) is 4.48 Å². The highest BCUT2D eigenvalue weighted by Gasteiger charge is 2.30. The zero-order valence-corrected chi connectivity index (χ0v) is 31.1. The van der Waals surface area contributed by atoms with Gasteiger partial charge in [0, 0.05) is 24.3 Å². The lowest BCUT2D eigenvalue weighted by Crippen LogP contribution is -2.25. The summed E-state index contributed by atoms with van der Waals surface area (Å²) in [6.07, 6.45) is 0. The van der Waals surface area contributed by atoms with Crippen molar-refractivity contribution in [1.29, 1.82) is 0 Å². The Hall–Kier alpha value is 0.470. The van der Waals surface area contributed by atoms with Crippen LogP contribution in [0.3, 0.4) is 0 Å². The zero-order valence-electron chi connectivity index (χ0n) is 25.8. The number of nitrogens with one attached hydrogen (secondary N) is 1. The first-order valence-corrected chi connectivity index (χ1v) is 22.5. The van der Waals surface area contributed by atoms with Crippen LogP contribution in [0.25, 0.3) is 0 Å². The van der Waals surface area contributed by atoms with Gasteiger partial charge in [-0.1, -0.05) is 0 Å². The second kappa shape index (κ2) is 24.1. The van der Waals surface area contributed by atoms with Gasteiger partial charge in [-0.3, -0.25) is 45.2 Å². The van der Waals surface area contributed by atoms with E-state index in [2.05, 4.69) is 45.2 Å². The highest BCUT2D eigenvalue weighted by Crippen LogP contribution is 2.48. The van der Waals surface area contributed by atoms with E-state index in [9.17, 15) is 51.4 Å². The molecule has 0 saturated carbocycles. The molecule has 0 rings (SSSR count). The van der Waals surface area contributed by atoms with Crippen LogP contribution in [0, 0.1) is 17.8 Å². The molecule has 0 spiro atoms. The van der Waals surface area contributed by atoms with Crippen LogP contribution >= 0.6 is 46.9 Å². The summed E-state index contributed by atoms with van der Waals surface area (Å²) < 4.78 is 127. The highest BCUT2D eigenvalue weighted by atomic mass is 31.2. The van der Waals surface area contributed by atoms with Gasteiger partial charge >= 0.3 is 46.9 Å². The zero-order chi connectivity index (χ0) is 38.7. The molecule has 6 atom stereocenters. The normalized spacial score (nSPS) is 19.5. The molecule has 0 aromatic carbocycles. The Bertz CT molecular complexity index is 1170. The minimum Gasteiger partial charge on any atom is -0.330 e. The third-order valence-electron chi connectivity index (χ3n) is 5.07. The van der Waals surface area contributed by atoms with E-state index in [-0.39, 0.29) is 13.1 Å². The first kappa shape index (κ1) is 50.5. The summed E-state index contributed by atoms with van der Waals surface area (Å²) in [5.74, 6) is -3.09. The molecular formula is C16H42FN3O24P6. The van der Waals surface area contributed by atoms with Crippen molar-refractivity contribution < 1.29 is 116 Å². The second-order valence-corrected chi connectivity index (χ2v) is 17.7. The van der Waals surface area contributed by atoms with Gasteiger partial charge in [-0.05, 0) is 13.1 Å². The van der Waals surface area contributed by atoms with Crippen molar-refractivity contribution in [3.05, 3.63) is 0 Å². The van der Waals surface area contributed by atoms with Crippen LogP contribution < -0.4 is 17.0 Å². The molecule has 27 nitrogen and oxygen atoms in total. The Balaban J connectivity index is 4.57. The van der Waals surface area contributed by atoms with Crippen molar-refractivity contribution in [3.63, 3.8) is 0 Å². The van der Waals surface area contributed by atoms with Crippen molar-refractivity contribution in [3.8, 4) is 0 Å². The van der Waals surface area contributed by atoms with Crippen LogP contribution in [0.2, 0.25) is 0 Å². The van der Waals surface area contributed by atoms with Gasteiger partial charge in [0.15, 0.2) is 0 Å². The van der Waals surface area contributed by atoms with Gasteiger partial charge in [-0.25, -0.2) is 27.4 Å². The average molecular weight is 865 g/mol. The molecule has 6 unspecified atom stereocenters. The van der Waals surface area contributed by atoms with E-state index in [1.807, 2.05) is 0 Å². The Kier molecular flexibility index (Phi) is 24.3. The molecule has 13 N–H and O–H groups in total. The number of hydrogen-bond acceptors (Lipinski definition) is 19. The first-order valence-electron chi connectivity index (χ1n) is 13.4. The number of phosphoric ester groups is 6. The van der Waals surface area contributed by atoms with Gasteiger partial charge < -0.3 is 50.6 Å². The molecule has 34 heteroatoms. The summed E-state index contributed by atoms with van der Waals surface area (Å²) in [5, 5.41) is 0. The summed E-state index contributed by atoms with van der Waals surface area (Å²) >= 11 is 0. The van der Waals surface area contributed by atoms with Crippen molar-refractivity contribution in [2.75, 3.05) is 85.7 Å². The minimum atomic E-state index is -4.94. The number of phosphoric acid groups is 6. The molecule has 0 aliphatic carbocycles. The smallest absolute Gasteiger partial charge is 0.330 e. The molecule has 0 aromatic rings. The predicted molar refractivity (Wildman–Crippen MR) is 161 cm³/mol. The van der Waals surface area contributed by atoms with E-state index in [1.165, 1.54) is 5.54 Å². The van der Waals surface area contributed by atoms with Gasteiger partial charge in [0.1, 0.15) is 0 Å². The van der Waals surface area contributed by atoms with Crippen LogP contribution in [0.5, 0.6) is 0 Å².